The summed E-state index contributed by atoms with van der Waals surface area (Å²) in [5.41, 5.74) is 3.73. The molecule has 1 unspecified atom stereocenters. The molecule has 1 heteroatoms. The monoisotopic (exact) mass is 163 g/mol. The lowest BCUT2D eigenvalue weighted by atomic mass is 9.99. The Hall–Kier alpha value is -0.820. The molecule has 1 nitrogen and oxygen atoms in total. The molecule has 0 aliphatic carbocycles. The normalized spacial score (nSPS) is 13.0. The molecule has 12 heavy (non-hydrogen) atoms. The smallest absolute Gasteiger partial charge is 0.0581 e. The van der Waals surface area contributed by atoms with Crippen molar-refractivity contribution in [2.45, 2.75) is 26.4 Å². The van der Waals surface area contributed by atoms with Gasteiger partial charge in [0.25, 0.3) is 0 Å². The SMILES string of the molecule is [CH2]C(O)Cc1cccc(C)c1C. The molecule has 1 rings (SSSR count). The minimum atomic E-state index is -0.495. The molecule has 0 saturated carbocycles. The third kappa shape index (κ3) is 2.08. The molecule has 0 heterocycles. The van der Waals surface area contributed by atoms with Gasteiger partial charge in [-0.05, 0) is 43.9 Å². The first-order chi connectivity index (χ1) is 5.61. The third-order valence-electron chi connectivity index (χ3n) is 2.17. The van der Waals surface area contributed by atoms with E-state index in [0.29, 0.717) is 6.42 Å². The molecule has 1 atom stereocenters. The van der Waals surface area contributed by atoms with Crippen LogP contribution in [0.3, 0.4) is 0 Å². The van der Waals surface area contributed by atoms with Crippen molar-refractivity contribution in [3.8, 4) is 0 Å². The topological polar surface area (TPSA) is 20.2 Å². The maximum Gasteiger partial charge on any atom is 0.0581 e. The van der Waals surface area contributed by atoms with E-state index in [1.165, 1.54) is 16.7 Å². The number of aryl methyl sites for hydroxylation is 1. The largest absolute Gasteiger partial charge is 0.393 e. The van der Waals surface area contributed by atoms with E-state index in [2.05, 4.69) is 26.8 Å². The van der Waals surface area contributed by atoms with Crippen molar-refractivity contribution in [3.63, 3.8) is 0 Å². The zero-order valence-electron chi connectivity index (χ0n) is 7.67. The van der Waals surface area contributed by atoms with E-state index < -0.39 is 6.10 Å². The molecule has 1 aromatic carbocycles. The molecule has 65 valence electrons. The van der Waals surface area contributed by atoms with Gasteiger partial charge in [-0.3, -0.25) is 0 Å². The Morgan fingerprint density at radius 3 is 2.67 bits per heavy atom. The molecule has 1 N–H and O–H groups in total. The first kappa shape index (κ1) is 9.27. The second kappa shape index (κ2) is 3.72. The number of benzene rings is 1. The predicted octanol–water partition coefficient (Wildman–Crippen LogP) is 2.04. The van der Waals surface area contributed by atoms with E-state index in [4.69, 9.17) is 5.11 Å². The Morgan fingerprint density at radius 1 is 1.42 bits per heavy atom. The summed E-state index contributed by atoms with van der Waals surface area (Å²) >= 11 is 0. The standard InChI is InChI=1S/C11H15O/c1-8-5-4-6-11(10(8)3)7-9(2)12/h4-6,9,12H,2,7H2,1,3H3. The summed E-state index contributed by atoms with van der Waals surface area (Å²) in [5, 5.41) is 9.11. The summed E-state index contributed by atoms with van der Waals surface area (Å²) < 4.78 is 0. The second-order valence-electron chi connectivity index (χ2n) is 3.22. The zero-order valence-corrected chi connectivity index (χ0v) is 7.67. The van der Waals surface area contributed by atoms with E-state index in [1.54, 1.807) is 0 Å². The fourth-order valence-electron chi connectivity index (χ4n) is 1.29. The second-order valence-corrected chi connectivity index (χ2v) is 3.22. The Labute approximate surface area is 74.1 Å². The van der Waals surface area contributed by atoms with E-state index >= 15 is 0 Å². The van der Waals surface area contributed by atoms with Crippen molar-refractivity contribution in [1.29, 1.82) is 0 Å². The number of rotatable bonds is 2. The zero-order chi connectivity index (χ0) is 9.14. The fourth-order valence-corrected chi connectivity index (χ4v) is 1.29. The lowest BCUT2D eigenvalue weighted by Crippen LogP contribution is -2.06. The van der Waals surface area contributed by atoms with Crippen molar-refractivity contribution in [1.82, 2.24) is 0 Å². The highest BCUT2D eigenvalue weighted by molar-refractivity contribution is 5.33. The van der Waals surface area contributed by atoms with Crippen molar-refractivity contribution in [2.24, 2.45) is 0 Å². The lowest BCUT2D eigenvalue weighted by molar-refractivity contribution is 0.221. The molecular formula is C11H15O. The van der Waals surface area contributed by atoms with Crippen LogP contribution in [0.1, 0.15) is 16.7 Å². The quantitative estimate of drug-likeness (QED) is 0.707. The van der Waals surface area contributed by atoms with Crippen molar-refractivity contribution < 1.29 is 5.11 Å². The molecule has 0 saturated heterocycles. The number of hydrogen-bond donors (Lipinski definition) is 1. The van der Waals surface area contributed by atoms with Gasteiger partial charge in [0.1, 0.15) is 0 Å². The summed E-state index contributed by atoms with van der Waals surface area (Å²) in [6.07, 6.45) is 0.151. The van der Waals surface area contributed by atoms with Crippen LogP contribution in [-0.2, 0) is 6.42 Å². The van der Waals surface area contributed by atoms with Gasteiger partial charge in [-0.1, -0.05) is 18.2 Å². The number of hydrogen-bond acceptors (Lipinski definition) is 1. The minimum Gasteiger partial charge on any atom is -0.393 e. The highest BCUT2D eigenvalue weighted by Crippen LogP contribution is 2.14. The van der Waals surface area contributed by atoms with Crippen LogP contribution < -0.4 is 0 Å². The van der Waals surface area contributed by atoms with Gasteiger partial charge in [-0.25, -0.2) is 0 Å². The first-order valence-corrected chi connectivity index (χ1v) is 4.17. The van der Waals surface area contributed by atoms with Crippen LogP contribution in [0, 0.1) is 20.8 Å². The van der Waals surface area contributed by atoms with Gasteiger partial charge in [-0.15, -0.1) is 0 Å². The van der Waals surface area contributed by atoms with Crippen LogP contribution in [-0.4, -0.2) is 11.2 Å². The number of aliphatic hydroxyl groups is 1. The average molecular weight is 163 g/mol. The summed E-state index contributed by atoms with van der Waals surface area (Å²) in [5.74, 6) is 0. The Balaban J connectivity index is 2.92. The molecule has 0 aliphatic rings. The van der Waals surface area contributed by atoms with Crippen molar-refractivity contribution in [2.75, 3.05) is 0 Å². The van der Waals surface area contributed by atoms with Gasteiger partial charge in [0.05, 0.1) is 6.10 Å². The molecule has 1 radical (unpaired) electrons. The van der Waals surface area contributed by atoms with Gasteiger partial charge in [0.15, 0.2) is 0 Å². The van der Waals surface area contributed by atoms with Crippen molar-refractivity contribution in [3.05, 3.63) is 41.8 Å². The highest BCUT2D eigenvalue weighted by Gasteiger charge is 2.03. The van der Waals surface area contributed by atoms with Crippen LogP contribution in [0.25, 0.3) is 0 Å². The Morgan fingerprint density at radius 2 is 2.08 bits per heavy atom. The van der Waals surface area contributed by atoms with Crippen molar-refractivity contribution >= 4 is 0 Å². The highest BCUT2D eigenvalue weighted by atomic mass is 16.3. The van der Waals surface area contributed by atoms with Crippen LogP contribution in [0.5, 0.6) is 0 Å². The maximum absolute atomic E-state index is 9.11. The van der Waals surface area contributed by atoms with Gasteiger partial charge in [0, 0.05) is 0 Å². The van der Waals surface area contributed by atoms with Gasteiger partial charge >= 0.3 is 0 Å². The summed E-state index contributed by atoms with van der Waals surface area (Å²) in [7, 11) is 0. The summed E-state index contributed by atoms with van der Waals surface area (Å²) in [4.78, 5) is 0. The average Bonchev–Trinajstić information content (AvgIpc) is 1.98. The van der Waals surface area contributed by atoms with Gasteiger partial charge in [0.2, 0.25) is 0 Å². The Kier molecular flexibility index (Phi) is 2.88. The third-order valence-corrected chi connectivity index (χ3v) is 2.17. The molecule has 1 aromatic rings. The van der Waals surface area contributed by atoms with Gasteiger partial charge in [-0.2, -0.15) is 0 Å². The minimum absolute atomic E-state index is 0.495. The van der Waals surface area contributed by atoms with E-state index in [-0.39, 0.29) is 0 Å². The van der Waals surface area contributed by atoms with E-state index in [0.717, 1.165) is 0 Å². The van der Waals surface area contributed by atoms with E-state index in [1.807, 2.05) is 12.1 Å². The molecular weight excluding hydrogens is 148 g/mol. The van der Waals surface area contributed by atoms with Crippen LogP contribution in [0.4, 0.5) is 0 Å². The predicted molar refractivity (Wildman–Crippen MR) is 51.0 cm³/mol. The maximum atomic E-state index is 9.11. The molecule has 0 aliphatic heterocycles. The summed E-state index contributed by atoms with van der Waals surface area (Å²) in [6, 6.07) is 6.13. The molecule has 0 spiro atoms. The van der Waals surface area contributed by atoms with E-state index in [9.17, 15) is 0 Å². The number of aliphatic hydroxyl groups excluding tert-OH is 1. The molecule has 0 aromatic heterocycles. The lowest BCUT2D eigenvalue weighted by Gasteiger charge is -2.09. The molecule has 0 fully saturated rings. The van der Waals surface area contributed by atoms with Crippen LogP contribution in [0.2, 0.25) is 0 Å². The molecule has 0 amide bonds. The Bertz CT molecular complexity index is 264. The van der Waals surface area contributed by atoms with Crippen LogP contribution >= 0.6 is 0 Å². The van der Waals surface area contributed by atoms with Gasteiger partial charge < -0.3 is 5.11 Å². The van der Waals surface area contributed by atoms with Crippen LogP contribution in [0.15, 0.2) is 18.2 Å². The fraction of sp³-hybridized carbons (Fsp3) is 0.364. The summed E-state index contributed by atoms with van der Waals surface area (Å²) in [6.45, 7) is 7.71. The molecule has 0 bridgehead atoms. The first-order valence-electron chi connectivity index (χ1n) is 4.17.